The third kappa shape index (κ3) is 3.49. The second-order valence-corrected chi connectivity index (χ2v) is 4.62. The van der Waals surface area contributed by atoms with Gasteiger partial charge in [0.25, 0.3) is 0 Å². The number of rotatable bonds is 2. The van der Waals surface area contributed by atoms with E-state index >= 15 is 0 Å². The third-order valence-corrected chi connectivity index (χ3v) is 3.31. The van der Waals surface area contributed by atoms with Gasteiger partial charge in [0.1, 0.15) is 0 Å². The quantitative estimate of drug-likeness (QED) is 0.640. The van der Waals surface area contributed by atoms with Crippen molar-refractivity contribution in [3.63, 3.8) is 0 Å². The first-order chi connectivity index (χ1) is 8.40. The predicted molar refractivity (Wildman–Crippen MR) is 73.8 cm³/mol. The standard InChI is InChI=1S/C17H20/c1-2-16(17-11-7-4-8-12-17)14-13-15-9-5-3-6-10-15/h4,7-9,11-12,16H,2-3,5-6,10H2,1H3/t16-/m0/s1. The normalized spacial score (nSPS) is 16.6. The van der Waals surface area contributed by atoms with Gasteiger partial charge in [-0.1, -0.05) is 55.2 Å². The molecule has 0 heteroatoms. The van der Waals surface area contributed by atoms with Crippen LogP contribution in [0.3, 0.4) is 0 Å². The Morgan fingerprint density at radius 1 is 1.18 bits per heavy atom. The lowest BCUT2D eigenvalue weighted by atomic mass is 9.95. The highest BCUT2D eigenvalue weighted by Gasteiger charge is 2.05. The molecule has 0 spiro atoms. The van der Waals surface area contributed by atoms with Gasteiger partial charge in [-0.2, -0.15) is 0 Å². The average Bonchev–Trinajstić information content (AvgIpc) is 2.42. The Morgan fingerprint density at radius 3 is 2.65 bits per heavy atom. The third-order valence-electron chi connectivity index (χ3n) is 3.31. The summed E-state index contributed by atoms with van der Waals surface area (Å²) in [5, 5.41) is 0. The van der Waals surface area contributed by atoms with Crippen LogP contribution in [0.15, 0.2) is 42.0 Å². The number of hydrogen-bond donors (Lipinski definition) is 0. The van der Waals surface area contributed by atoms with Crippen molar-refractivity contribution >= 4 is 0 Å². The summed E-state index contributed by atoms with van der Waals surface area (Å²) in [5.74, 6) is 7.21. The van der Waals surface area contributed by atoms with E-state index in [-0.39, 0.29) is 0 Å². The monoisotopic (exact) mass is 224 g/mol. The molecule has 0 heterocycles. The molecular weight excluding hydrogens is 204 g/mol. The lowest BCUT2D eigenvalue weighted by Gasteiger charge is -2.09. The largest absolute Gasteiger partial charge is 0.0900 e. The van der Waals surface area contributed by atoms with E-state index in [1.165, 1.54) is 36.8 Å². The van der Waals surface area contributed by atoms with Gasteiger partial charge < -0.3 is 0 Å². The minimum Gasteiger partial charge on any atom is -0.0900 e. The molecule has 1 aliphatic carbocycles. The van der Waals surface area contributed by atoms with Crippen molar-refractivity contribution in [2.75, 3.05) is 0 Å². The Kier molecular flexibility index (Phi) is 4.45. The van der Waals surface area contributed by atoms with E-state index in [1.54, 1.807) is 0 Å². The number of hydrogen-bond acceptors (Lipinski definition) is 0. The molecule has 0 N–H and O–H groups in total. The average molecular weight is 224 g/mol. The molecule has 1 aromatic carbocycles. The first kappa shape index (κ1) is 12.0. The maximum Gasteiger partial charge on any atom is 0.0453 e. The fraction of sp³-hybridized carbons (Fsp3) is 0.412. The van der Waals surface area contributed by atoms with Crippen molar-refractivity contribution < 1.29 is 0 Å². The predicted octanol–water partition coefficient (Wildman–Crippen LogP) is 4.68. The van der Waals surface area contributed by atoms with E-state index in [4.69, 9.17) is 0 Å². The first-order valence-corrected chi connectivity index (χ1v) is 6.65. The summed E-state index contributed by atoms with van der Waals surface area (Å²) in [6.45, 7) is 2.21. The summed E-state index contributed by atoms with van der Waals surface area (Å²) < 4.78 is 0. The van der Waals surface area contributed by atoms with Crippen molar-refractivity contribution in [1.29, 1.82) is 0 Å². The van der Waals surface area contributed by atoms with Crippen molar-refractivity contribution in [2.24, 2.45) is 0 Å². The van der Waals surface area contributed by atoms with E-state index in [0.717, 1.165) is 6.42 Å². The van der Waals surface area contributed by atoms with Gasteiger partial charge in [-0.3, -0.25) is 0 Å². The number of allylic oxidation sites excluding steroid dienone is 2. The lowest BCUT2D eigenvalue weighted by Crippen LogP contribution is -1.94. The minimum atomic E-state index is 0.388. The van der Waals surface area contributed by atoms with Crippen molar-refractivity contribution in [3.8, 4) is 11.8 Å². The molecule has 0 unspecified atom stereocenters. The van der Waals surface area contributed by atoms with Gasteiger partial charge in [-0.25, -0.2) is 0 Å². The Labute approximate surface area is 105 Å². The van der Waals surface area contributed by atoms with Gasteiger partial charge in [-0.05, 0) is 43.2 Å². The maximum atomic E-state index is 3.44. The Hall–Kier alpha value is -1.48. The second kappa shape index (κ2) is 6.30. The van der Waals surface area contributed by atoms with Crippen LogP contribution in [0.25, 0.3) is 0 Å². The summed E-state index contributed by atoms with van der Waals surface area (Å²) in [5.41, 5.74) is 2.70. The van der Waals surface area contributed by atoms with Gasteiger partial charge in [0, 0.05) is 5.92 Å². The SMILES string of the molecule is CC[C@@H](C#CC1=CCCCC1)c1ccccc1. The zero-order valence-corrected chi connectivity index (χ0v) is 10.6. The van der Waals surface area contributed by atoms with Crippen molar-refractivity contribution in [3.05, 3.63) is 47.5 Å². The molecule has 0 radical (unpaired) electrons. The molecule has 0 nitrogen and oxygen atoms in total. The lowest BCUT2D eigenvalue weighted by molar-refractivity contribution is 0.714. The Bertz CT molecular complexity index is 428. The summed E-state index contributed by atoms with van der Waals surface area (Å²) in [4.78, 5) is 0. The van der Waals surface area contributed by atoms with Crippen LogP contribution in [-0.2, 0) is 0 Å². The molecule has 0 aliphatic heterocycles. The molecule has 0 aromatic heterocycles. The Morgan fingerprint density at radius 2 is 2.00 bits per heavy atom. The van der Waals surface area contributed by atoms with Gasteiger partial charge in [0.2, 0.25) is 0 Å². The first-order valence-electron chi connectivity index (χ1n) is 6.65. The molecular formula is C17H20. The van der Waals surface area contributed by atoms with E-state index in [2.05, 4.69) is 55.2 Å². The van der Waals surface area contributed by atoms with Gasteiger partial charge >= 0.3 is 0 Å². The van der Waals surface area contributed by atoms with Crippen LogP contribution in [0.2, 0.25) is 0 Å². The molecule has 0 fully saturated rings. The molecule has 1 aromatic rings. The smallest absolute Gasteiger partial charge is 0.0453 e. The van der Waals surface area contributed by atoms with E-state index in [1.807, 2.05) is 0 Å². The molecule has 0 amide bonds. The van der Waals surface area contributed by atoms with Crippen LogP contribution in [0, 0.1) is 11.8 Å². The minimum absolute atomic E-state index is 0.388. The summed E-state index contributed by atoms with van der Waals surface area (Å²) in [7, 11) is 0. The second-order valence-electron chi connectivity index (χ2n) is 4.62. The van der Waals surface area contributed by atoms with Crippen molar-refractivity contribution in [1.82, 2.24) is 0 Å². The molecule has 0 saturated carbocycles. The van der Waals surface area contributed by atoms with Crippen LogP contribution in [0.5, 0.6) is 0 Å². The molecule has 0 bridgehead atoms. The summed E-state index contributed by atoms with van der Waals surface area (Å²) >= 11 is 0. The molecule has 1 atom stereocenters. The summed E-state index contributed by atoms with van der Waals surface area (Å²) in [6.07, 6.45) is 8.44. The molecule has 1 aliphatic rings. The van der Waals surface area contributed by atoms with Crippen LogP contribution in [0.4, 0.5) is 0 Å². The fourth-order valence-electron chi connectivity index (χ4n) is 2.24. The van der Waals surface area contributed by atoms with Crippen LogP contribution in [0.1, 0.15) is 50.5 Å². The van der Waals surface area contributed by atoms with E-state index < -0.39 is 0 Å². The van der Waals surface area contributed by atoms with Gasteiger partial charge in [-0.15, -0.1) is 0 Å². The van der Waals surface area contributed by atoms with Crippen LogP contribution < -0.4 is 0 Å². The molecule has 0 saturated heterocycles. The van der Waals surface area contributed by atoms with E-state index in [9.17, 15) is 0 Å². The zero-order chi connectivity index (χ0) is 11.9. The maximum absolute atomic E-state index is 3.44. The number of benzene rings is 1. The highest BCUT2D eigenvalue weighted by Crippen LogP contribution is 2.20. The highest BCUT2D eigenvalue weighted by molar-refractivity contribution is 5.35. The summed E-state index contributed by atoms with van der Waals surface area (Å²) in [6, 6.07) is 10.6. The zero-order valence-electron chi connectivity index (χ0n) is 10.6. The molecule has 2 rings (SSSR count). The van der Waals surface area contributed by atoms with Crippen molar-refractivity contribution in [2.45, 2.75) is 44.9 Å². The van der Waals surface area contributed by atoms with Gasteiger partial charge in [0.15, 0.2) is 0 Å². The molecule has 17 heavy (non-hydrogen) atoms. The Balaban J connectivity index is 2.10. The fourth-order valence-corrected chi connectivity index (χ4v) is 2.24. The topological polar surface area (TPSA) is 0 Å². The van der Waals surface area contributed by atoms with Crippen LogP contribution in [-0.4, -0.2) is 0 Å². The highest BCUT2D eigenvalue weighted by atomic mass is 14.1. The van der Waals surface area contributed by atoms with E-state index in [0.29, 0.717) is 5.92 Å². The van der Waals surface area contributed by atoms with Crippen LogP contribution >= 0.6 is 0 Å². The van der Waals surface area contributed by atoms with Gasteiger partial charge in [0.05, 0.1) is 0 Å². The molecule has 88 valence electrons.